The zero-order valence-electron chi connectivity index (χ0n) is 18.5. The lowest BCUT2D eigenvalue weighted by Gasteiger charge is -2.15. The molecule has 2 fully saturated rings. The SMILES string of the molecule is COc1c(-c2cnc(CO[C@H]3CCC[C@@H]3O)nc2)ccc2nc(NC(=O)C3CC3OC)sc12. The van der Waals surface area contributed by atoms with Crippen molar-refractivity contribution in [2.45, 2.75) is 50.6 Å². The topological polar surface area (TPSA) is 116 Å². The van der Waals surface area contributed by atoms with Crippen LogP contribution in [-0.2, 0) is 20.9 Å². The highest BCUT2D eigenvalue weighted by molar-refractivity contribution is 7.22. The van der Waals surface area contributed by atoms with Gasteiger partial charge in [0.15, 0.2) is 11.0 Å². The largest absolute Gasteiger partial charge is 0.495 e. The number of aliphatic hydroxyl groups excluding tert-OH is 1. The summed E-state index contributed by atoms with van der Waals surface area (Å²) in [5, 5.41) is 13.3. The summed E-state index contributed by atoms with van der Waals surface area (Å²) >= 11 is 1.37. The quantitative estimate of drug-likeness (QED) is 0.516. The molecule has 5 rings (SSSR count). The second kappa shape index (κ2) is 9.30. The number of hydrogen-bond acceptors (Lipinski definition) is 9. The summed E-state index contributed by atoms with van der Waals surface area (Å²) in [5.41, 5.74) is 2.39. The first-order chi connectivity index (χ1) is 16.1. The van der Waals surface area contributed by atoms with Gasteiger partial charge < -0.3 is 24.6 Å². The highest BCUT2D eigenvalue weighted by Gasteiger charge is 2.43. The van der Waals surface area contributed by atoms with Crippen molar-refractivity contribution < 1.29 is 24.1 Å². The third kappa shape index (κ3) is 4.56. The number of hydrogen-bond donors (Lipinski definition) is 2. The number of aliphatic hydroxyl groups is 1. The molecule has 2 aromatic heterocycles. The molecule has 33 heavy (non-hydrogen) atoms. The molecule has 1 aromatic carbocycles. The van der Waals surface area contributed by atoms with E-state index in [-0.39, 0.29) is 30.6 Å². The molecule has 0 radical (unpaired) electrons. The van der Waals surface area contributed by atoms with Gasteiger partial charge in [0.2, 0.25) is 5.91 Å². The summed E-state index contributed by atoms with van der Waals surface area (Å²) in [5.74, 6) is 1.04. The number of ether oxygens (including phenoxy) is 3. The van der Waals surface area contributed by atoms with E-state index < -0.39 is 6.10 Å². The van der Waals surface area contributed by atoms with Crippen molar-refractivity contribution in [3.8, 4) is 16.9 Å². The van der Waals surface area contributed by atoms with Gasteiger partial charge in [-0.2, -0.15) is 0 Å². The van der Waals surface area contributed by atoms with Gasteiger partial charge in [0, 0.05) is 30.6 Å². The second-order valence-electron chi connectivity index (χ2n) is 8.35. The van der Waals surface area contributed by atoms with Crippen molar-refractivity contribution in [1.29, 1.82) is 0 Å². The average molecular weight is 471 g/mol. The van der Waals surface area contributed by atoms with Crippen molar-refractivity contribution in [3.63, 3.8) is 0 Å². The maximum atomic E-state index is 12.4. The van der Waals surface area contributed by atoms with Crippen molar-refractivity contribution in [1.82, 2.24) is 15.0 Å². The van der Waals surface area contributed by atoms with Crippen molar-refractivity contribution in [2.24, 2.45) is 5.92 Å². The fourth-order valence-electron chi connectivity index (χ4n) is 4.21. The Morgan fingerprint density at radius 3 is 2.70 bits per heavy atom. The molecule has 2 heterocycles. The zero-order valence-corrected chi connectivity index (χ0v) is 19.3. The second-order valence-corrected chi connectivity index (χ2v) is 9.35. The van der Waals surface area contributed by atoms with Gasteiger partial charge in [-0.15, -0.1) is 0 Å². The molecule has 0 aliphatic heterocycles. The number of nitrogens with zero attached hydrogens (tertiary/aromatic N) is 3. The Kier molecular flexibility index (Phi) is 6.24. The number of fused-ring (bicyclic) bond motifs is 1. The Hall–Kier alpha value is -2.66. The molecule has 2 N–H and O–H groups in total. The van der Waals surface area contributed by atoms with Gasteiger partial charge in [0.1, 0.15) is 12.4 Å². The Labute approximate surface area is 195 Å². The summed E-state index contributed by atoms with van der Waals surface area (Å²) < 4.78 is 17.5. The molecule has 2 aliphatic rings. The molecule has 0 spiro atoms. The first-order valence-corrected chi connectivity index (χ1v) is 11.8. The van der Waals surface area contributed by atoms with E-state index in [2.05, 4.69) is 20.3 Å². The minimum Gasteiger partial charge on any atom is -0.495 e. The van der Waals surface area contributed by atoms with Gasteiger partial charge >= 0.3 is 0 Å². The number of anilines is 1. The fourth-order valence-corrected chi connectivity index (χ4v) is 5.20. The number of carbonyl (C=O) groups excluding carboxylic acids is 1. The Morgan fingerprint density at radius 1 is 1.21 bits per heavy atom. The van der Waals surface area contributed by atoms with E-state index in [1.165, 1.54) is 11.3 Å². The van der Waals surface area contributed by atoms with Crippen LogP contribution in [0.2, 0.25) is 0 Å². The van der Waals surface area contributed by atoms with E-state index in [1.54, 1.807) is 26.6 Å². The predicted octanol–water partition coefficient (Wildman–Crippen LogP) is 3.17. The van der Waals surface area contributed by atoms with E-state index in [0.29, 0.717) is 16.7 Å². The molecule has 2 unspecified atom stereocenters. The van der Waals surface area contributed by atoms with Gasteiger partial charge in [-0.3, -0.25) is 4.79 Å². The van der Waals surface area contributed by atoms with Crippen LogP contribution in [0.4, 0.5) is 5.13 Å². The minimum absolute atomic E-state index is 0.00267. The van der Waals surface area contributed by atoms with Crippen LogP contribution in [0.1, 0.15) is 31.5 Å². The first kappa shape index (κ1) is 22.1. The highest BCUT2D eigenvalue weighted by Crippen LogP contribution is 2.41. The fraction of sp³-hybridized carbons (Fsp3) is 0.478. The molecule has 1 amide bonds. The van der Waals surface area contributed by atoms with Gasteiger partial charge in [-0.1, -0.05) is 11.3 Å². The Bertz CT molecular complexity index is 1150. The van der Waals surface area contributed by atoms with Crippen molar-refractivity contribution in [3.05, 3.63) is 30.4 Å². The predicted molar refractivity (Wildman–Crippen MR) is 123 cm³/mol. The van der Waals surface area contributed by atoms with Crippen molar-refractivity contribution in [2.75, 3.05) is 19.5 Å². The number of benzene rings is 1. The van der Waals surface area contributed by atoms with E-state index in [1.807, 2.05) is 12.1 Å². The maximum absolute atomic E-state index is 12.4. The monoisotopic (exact) mass is 470 g/mol. The number of aromatic nitrogens is 3. The number of methoxy groups -OCH3 is 2. The molecule has 0 bridgehead atoms. The van der Waals surface area contributed by atoms with Crippen molar-refractivity contribution >= 4 is 32.6 Å². The lowest BCUT2D eigenvalue weighted by molar-refractivity contribution is -0.118. The molecule has 2 aliphatic carbocycles. The number of amides is 1. The lowest BCUT2D eigenvalue weighted by Crippen LogP contribution is -2.22. The Morgan fingerprint density at radius 2 is 2.03 bits per heavy atom. The van der Waals surface area contributed by atoms with Crippen LogP contribution in [0.25, 0.3) is 21.3 Å². The summed E-state index contributed by atoms with van der Waals surface area (Å²) in [6.07, 6.45) is 6.29. The third-order valence-corrected chi connectivity index (χ3v) is 7.16. The van der Waals surface area contributed by atoms with Gasteiger partial charge in [0.05, 0.1) is 41.6 Å². The van der Waals surface area contributed by atoms with E-state index in [0.717, 1.165) is 47.0 Å². The molecule has 3 aromatic rings. The number of rotatable bonds is 8. The van der Waals surface area contributed by atoms with Crippen LogP contribution in [0, 0.1) is 5.92 Å². The Balaban J connectivity index is 1.32. The highest BCUT2D eigenvalue weighted by atomic mass is 32.1. The van der Waals surface area contributed by atoms with Crippen LogP contribution in [0.3, 0.4) is 0 Å². The van der Waals surface area contributed by atoms with Crippen LogP contribution in [0.5, 0.6) is 5.75 Å². The van der Waals surface area contributed by atoms with Gasteiger partial charge in [-0.05, 0) is 37.8 Å². The number of nitrogens with one attached hydrogen (secondary N) is 1. The smallest absolute Gasteiger partial charge is 0.231 e. The first-order valence-electron chi connectivity index (χ1n) is 11.0. The number of carbonyl (C=O) groups is 1. The van der Waals surface area contributed by atoms with E-state index >= 15 is 0 Å². The summed E-state index contributed by atoms with van der Waals surface area (Å²) in [6.45, 7) is 0.265. The minimum atomic E-state index is -0.403. The van der Waals surface area contributed by atoms with Crippen LogP contribution in [-0.4, -0.2) is 58.5 Å². The van der Waals surface area contributed by atoms with Crippen LogP contribution in [0.15, 0.2) is 24.5 Å². The van der Waals surface area contributed by atoms with Gasteiger partial charge in [-0.25, -0.2) is 15.0 Å². The standard InChI is InChI=1S/C23H26N4O5S/c1-30-18-8-14(18)22(29)27-23-26-15-7-6-13(20(31-2)21(15)33-23)12-9-24-19(25-10-12)11-32-17-5-3-4-16(17)28/h6-7,9-10,14,16-18,28H,3-5,8,11H2,1-2H3,(H,26,27,29)/t14?,16-,17-,18?/m0/s1. The lowest BCUT2D eigenvalue weighted by atomic mass is 10.1. The zero-order chi connectivity index (χ0) is 22.9. The van der Waals surface area contributed by atoms with E-state index in [9.17, 15) is 9.90 Å². The molecule has 174 valence electrons. The van der Waals surface area contributed by atoms with E-state index in [4.69, 9.17) is 14.2 Å². The molecular formula is C23H26N4O5S. The summed E-state index contributed by atoms with van der Waals surface area (Å²) in [7, 11) is 3.23. The molecule has 4 atom stereocenters. The molecule has 2 saturated carbocycles. The molecule has 0 saturated heterocycles. The molecular weight excluding hydrogens is 444 g/mol. The van der Waals surface area contributed by atoms with Crippen LogP contribution < -0.4 is 10.1 Å². The van der Waals surface area contributed by atoms with Crippen LogP contribution >= 0.6 is 11.3 Å². The van der Waals surface area contributed by atoms with Gasteiger partial charge in [0.25, 0.3) is 0 Å². The average Bonchev–Trinajstić information content (AvgIpc) is 3.35. The maximum Gasteiger partial charge on any atom is 0.231 e. The summed E-state index contributed by atoms with van der Waals surface area (Å²) in [4.78, 5) is 25.7. The number of thiazole rings is 1. The third-order valence-electron chi connectivity index (χ3n) is 6.18. The summed E-state index contributed by atoms with van der Waals surface area (Å²) in [6, 6.07) is 3.81. The molecule has 10 heteroatoms. The molecule has 9 nitrogen and oxygen atoms in total. The normalized spacial score (nSPS) is 24.2.